The molecule has 0 radical (unpaired) electrons. The minimum atomic E-state index is 0.132. The molecule has 100 valence electrons. The Balaban J connectivity index is 2.12. The van der Waals surface area contributed by atoms with E-state index in [1.807, 2.05) is 48.7 Å². The normalized spacial score (nSPS) is 11.9. The van der Waals surface area contributed by atoms with Gasteiger partial charge in [-0.15, -0.1) is 0 Å². The smallest absolute Gasteiger partial charge is 0.172 e. The van der Waals surface area contributed by atoms with Crippen LogP contribution >= 0.6 is 0 Å². The molecule has 1 heterocycles. The lowest BCUT2D eigenvalue weighted by Gasteiger charge is -2.05. The summed E-state index contributed by atoms with van der Waals surface area (Å²) in [5, 5.41) is 13.0. The Kier molecular flexibility index (Phi) is 3.13. The fourth-order valence-corrected chi connectivity index (χ4v) is 2.42. The van der Waals surface area contributed by atoms with Crippen molar-refractivity contribution in [3.8, 4) is 0 Å². The first-order valence-corrected chi connectivity index (χ1v) is 6.39. The van der Waals surface area contributed by atoms with E-state index >= 15 is 0 Å². The van der Waals surface area contributed by atoms with Gasteiger partial charge in [-0.05, 0) is 11.6 Å². The van der Waals surface area contributed by atoms with E-state index in [9.17, 15) is 0 Å². The van der Waals surface area contributed by atoms with Gasteiger partial charge in [-0.2, -0.15) is 0 Å². The molecule has 2 aromatic carbocycles. The van der Waals surface area contributed by atoms with Gasteiger partial charge in [-0.1, -0.05) is 53.7 Å². The number of fused-ring (bicyclic) bond motifs is 1. The van der Waals surface area contributed by atoms with Crippen molar-refractivity contribution >= 4 is 16.7 Å². The minimum Gasteiger partial charge on any atom is -0.409 e. The molecule has 0 amide bonds. The maximum absolute atomic E-state index is 8.90. The molecule has 0 saturated carbocycles. The van der Waals surface area contributed by atoms with Crippen molar-refractivity contribution in [2.45, 2.75) is 6.54 Å². The van der Waals surface area contributed by atoms with Gasteiger partial charge in [-0.3, -0.25) is 0 Å². The first kappa shape index (κ1) is 12.3. The molecule has 20 heavy (non-hydrogen) atoms. The summed E-state index contributed by atoms with van der Waals surface area (Å²) in [4.78, 5) is 0. The molecule has 1 aromatic heterocycles. The van der Waals surface area contributed by atoms with Crippen LogP contribution in [0.2, 0.25) is 0 Å². The Morgan fingerprint density at radius 2 is 1.75 bits per heavy atom. The lowest BCUT2D eigenvalue weighted by Crippen LogP contribution is -2.12. The van der Waals surface area contributed by atoms with Gasteiger partial charge in [0.25, 0.3) is 0 Å². The molecule has 3 rings (SSSR count). The maximum Gasteiger partial charge on any atom is 0.172 e. The first-order chi connectivity index (χ1) is 9.79. The Hall–Kier alpha value is -2.75. The van der Waals surface area contributed by atoms with Gasteiger partial charge in [0.2, 0.25) is 0 Å². The van der Waals surface area contributed by atoms with Crippen LogP contribution in [0.5, 0.6) is 0 Å². The molecule has 0 fully saturated rings. The molecule has 4 nitrogen and oxygen atoms in total. The molecule has 0 spiro atoms. The summed E-state index contributed by atoms with van der Waals surface area (Å²) in [5.74, 6) is 0.132. The van der Waals surface area contributed by atoms with E-state index in [1.165, 1.54) is 5.56 Å². The monoisotopic (exact) mass is 265 g/mol. The molecular formula is C16H15N3O. The minimum absolute atomic E-state index is 0.132. The predicted molar refractivity (Wildman–Crippen MR) is 80.0 cm³/mol. The third-order valence-corrected chi connectivity index (χ3v) is 3.37. The van der Waals surface area contributed by atoms with Crippen LogP contribution in [0.4, 0.5) is 0 Å². The molecule has 0 unspecified atom stereocenters. The zero-order valence-corrected chi connectivity index (χ0v) is 10.9. The SMILES string of the molecule is N/C(=N\O)c1cn(Cc2ccccc2)c2ccccc12. The Bertz CT molecular complexity index is 760. The Labute approximate surface area is 116 Å². The molecule has 4 heteroatoms. The van der Waals surface area contributed by atoms with Gasteiger partial charge in [0.1, 0.15) is 0 Å². The van der Waals surface area contributed by atoms with Gasteiger partial charge in [0.05, 0.1) is 0 Å². The van der Waals surface area contributed by atoms with E-state index < -0.39 is 0 Å². The summed E-state index contributed by atoms with van der Waals surface area (Å²) in [6.07, 6.45) is 1.92. The van der Waals surface area contributed by atoms with E-state index in [4.69, 9.17) is 10.9 Å². The Morgan fingerprint density at radius 1 is 1.05 bits per heavy atom. The molecule has 0 aliphatic carbocycles. The highest BCUT2D eigenvalue weighted by Gasteiger charge is 2.11. The van der Waals surface area contributed by atoms with Crippen molar-refractivity contribution in [3.05, 3.63) is 71.9 Å². The van der Waals surface area contributed by atoms with E-state index in [1.54, 1.807) is 0 Å². The fraction of sp³-hybridized carbons (Fsp3) is 0.0625. The molecular weight excluding hydrogens is 250 g/mol. The van der Waals surface area contributed by atoms with Crippen LogP contribution in [0.1, 0.15) is 11.1 Å². The number of benzene rings is 2. The molecule has 3 N–H and O–H groups in total. The van der Waals surface area contributed by atoms with E-state index in [2.05, 4.69) is 21.9 Å². The number of oxime groups is 1. The quantitative estimate of drug-likeness (QED) is 0.331. The summed E-state index contributed by atoms with van der Waals surface area (Å²) in [5.41, 5.74) is 8.78. The van der Waals surface area contributed by atoms with Gasteiger partial charge in [0, 0.05) is 29.2 Å². The average Bonchev–Trinajstić information content (AvgIpc) is 2.87. The molecule has 0 aliphatic rings. The highest BCUT2D eigenvalue weighted by molar-refractivity contribution is 6.08. The third-order valence-electron chi connectivity index (χ3n) is 3.37. The van der Waals surface area contributed by atoms with E-state index in [-0.39, 0.29) is 5.84 Å². The number of nitrogens with two attached hydrogens (primary N) is 1. The van der Waals surface area contributed by atoms with Gasteiger partial charge in [0.15, 0.2) is 5.84 Å². The average molecular weight is 265 g/mol. The predicted octanol–water partition coefficient (Wildman–Crippen LogP) is 2.78. The fourth-order valence-electron chi connectivity index (χ4n) is 2.42. The molecule has 0 aliphatic heterocycles. The van der Waals surface area contributed by atoms with Crippen LogP contribution in [0.25, 0.3) is 10.9 Å². The first-order valence-electron chi connectivity index (χ1n) is 6.39. The van der Waals surface area contributed by atoms with Gasteiger partial charge < -0.3 is 15.5 Å². The number of amidine groups is 1. The zero-order valence-electron chi connectivity index (χ0n) is 10.9. The topological polar surface area (TPSA) is 63.5 Å². The number of hydrogen-bond donors (Lipinski definition) is 2. The summed E-state index contributed by atoms with van der Waals surface area (Å²) in [7, 11) is 0. The Morgan fingerprint density at radius 3 is 2.50 bits per heavy atom. The standard InChI is InChI=1S/C16H15N3O/c17-16(18-20)14-11-19(10-12-6-2-1-3-7-12)15-9-5-4-8-13(14)15/h1-9,11,20H,10H2,(H2,17,18). The highest BCUT2D eigenvalue weighted by atomic mass is 16.4. The second kappa shape index (κ2) is 5.09. The van der Waals surface area contributed by atoms with Gasteiger partial charge in [-0.25, -0.2) is 0 Å². The number of aromatic nitrogens is 1. The summed E-state index contributed by atoms with van der Waals surface area (Å²) in [6.45, 7) is 0.750. The van der Waals surface area contributed by atoms with Crippen molar-refractivity contribution in [1.82, 2.24) is 4.57 Å². The van der Waals surface area contributed by atoms with Crippen molar-refractivity contribution < 1.29 is 5.21 Å². The van der Waals surface area contributed by atoms with Gasteiger partial charge >= 0.3 is 0 Å². The number of nitrogens with zero attached hydrogens (tertiary/aromatic N) is 2. The molecule has 0 bridgehead atoms. The summed E-state index contributed by atoms with van der Waals surface area (Å²) in [6, 6.07) is 18.1. The number of para-hydroxylation sites is 1. The second-order valence-corrected chi connectivity index (χ2v) is 4.66. The van der Waals surface area contributed by atoms with Crippen molar-refractivity contribution in [3.63, 3.8) is 0 Å². The summed E-state index contributed by atoms with van der Waals surface area (Å²) < 4.78 is 2.11. The van der Waals surface area contributed by atoms with Crippen molar-refractivity contribution in [2.24, 2.45) is 10.9 Å². The second-order valence-electron chi connectivity index (χ2n) is 4.66. The maximum atomic E-state index is 8.90. The van der Waals surface area contributed by atoms with E-state index in [0.717, 1.165) is 23.0 Å². The van der Waals surface area contributed by atoms with Crippen LogP contribution in [-0.2, 0) is 6.54 Å². The van der Waals surface area contributed by atoms with Crippen molar-refractivity contribution in [2.75, 3.05) is 0 Å². The van der Waals surface area contributed by atoms with E-state index in [0.29, 0.717) is 0 Å². The highest BCUT2D eigenvalue weighted by Crippen LogP contribution is 2.22. The van der Waals surface area contributed by atoms with Crippen LogP contribution in [0, 0.1) is 0 Å². The summed E-state index contributed by atoms with van der Waals surface area (Å²) >= 11 is 0. The molecule has 3 aromatic rings. The largest absolute Gasteiger partial charge is 0.409 e. The number of hydrogen-bond acceptors (Lipinski definition) is 2. The number of rotatable bonds is 3. The van der Waals surface area contributed by atoms with Crippen LogP contribution in [0.3, 0.4) is 0 Å². The van der Waals surface area contributed by atoms with Crippen LogP contribution in [-0.4, -0.2) is 15.6 Å². The van der Waals surface area contributed by atoms with Crippen LogP contribution < -0.4 is 5.73 Å². The molecule has 0 saturated heterocycles. The third kappa shape index (κ3) is 2.12. The molecule has 0 atom stereocenters. The zero-order chi connectivity index (χ0) is 13.9. The lowest BCUT2D eigenvalue weighted by atomic mass is 10.1. The lowest BCUT2D eigenvalue weighted by molar-refractivity contribution is 0.318. The van der Waals surface area contributed by atoms with Crippen molar-refractivity contribution in [1.29, 1.82) is 0 Å². The van der Waals surface area contributed by atoms with Crippen LogP contribution in [0.15, 0.2) is 65.9 Å².